The average Bonchev–Trinajstić information content (AvgIpc) is 2.36. The monoisotopic (exact) mass is 315 g/mol. The van der Waals surface area contributed by atoms with Crippen LogP contribution in [0.2, 0.25) is 0 Å². The number of hydrogen-bond donors (Lipinski definition) is 2. The maximum absolute atomic E-state index is 14.0. The topological polar surface area (TPSA) is 67.6 Å². The average molecular weight is 315 g/mol. The number of alkyl carbamates (subject to hydrolysis) is 1. The number of ether oxygens (including phenoxy) is 1. The van der Waals surface area contributed by atoms with Crippen LogP contribution in [0.1, 0.15) is 32.4 Å². The Labute approximate surface area is 129 Å². The molecule has 1 amide bonds. The summed E-state index contributed by atoms with van der Waals surface area (Å²) in [5.74, 6) is -1.94. The maximum Gasteiger partial charge on any atom is 0.408 e. The fraction of sp³-hybridized carbons (Fsp3) is 0.533. The van der Waals surface area contributed by atoms with Crippen LogP contribution < -0.4 is 16.0 Å². The minimum atomic E-state index is -0.980. The van der Waals surface area contributed by atoms with Crippen molar-refractivity contribution in [1.29, 1.82) is 0 Å². The van der Waals surface area contributed by atoms with Crippen molar-refractivity contribution in [2.24, 2.45) is 5.73 Å². The molecule has 124 valence electrons. The fourth-order valence-corrected chi connectivity index (χ4v) is 2.00. The first kappa shape index (κ1) is 18.2. The van der Waals surface area contributed by atoms with E-state index in [0.29, 0.717) is 5.56 Å². The van der Waals surface area contributed by atoms with Crippen LogP contribution in [-0.2, 0) is 4.74 Å². The maximum atomic E-state index is 14.0. The predicted molar refractivity (Wildman–Crippen MR) is 81.9 cm³/mol. The Bertz CT molecular complexity index is 542. The van der Waals surface area contributed by atoms with E-state index in [9.17, 15) is 13.6 Å². The van der Waals surface area contributed by atoms with E-state index in [1.54, 1.807) is 34.9 Å². The number of halogens is 2. The predicted octanol–water partition coefficient (Wildman–Crippen LogP) is 2.56. The molecule has 1 aromatic rings. The van der Waals surface area contributed by atoms with Crippen molar-refractivity contribution in [2.75, 3.05) is 25.5 Å². The number of anilines is 1. The van der Waals surface area contributed by atoms with Gasteiger partial charge in [-0.05, 0) is 26.8 Å². The number of carbonyl (C=O) groups is 1. The molecular formula is C15H23F2N3O2. The van der Waals surface area contributed by atoms with Crippen molar-refractivity contribution in [3.05, 3.63) is 29.3 Å². The number of nitrogens with zero attached hydrogens (tertiary/aromatic N) is 1. The Balaban J connectivity index is 3.11. The second kappa shape index (κ2) is 6.91. The van der Waals surface area contributed by atoms with Gasteiger partial charge in [-0.15, -0.1) is 0 Å². The molecule has 1 atom stereocenters. The minimum Gasteiger partial charge on any atom is -0.444 e. The third kappa shape index (κ3) is 4.56. The molecule has 7 heteroatoms. The first-order chi connectivity index (χ1) is 10.1. The molecule has 1 aromatic carbocycles. The summed E-state index contributed by atoms with van der Waals surface area (Å²) in [4.78, 5) is 13.3. The van der Waals surface area contributed by atoms with Gasteiger partial charge < -0.3 is 20.7 Å². The molecule has 1 rings (SSSR count). The molecule has 0 aliphatic carbocycles. The number of benzene rings is 1. The van der Waals surface area contributed by atoms with E-state index in [2.05, 4.69) is 5.32 Å². The van der Waals surface area contributed by atoms with Gasteiger partial charge in [0.15, 0.2) is 11.6 Å². The lowest BCUT2D eigenvalue weighted by Crippen LogP contribution is -2.38. The number of nitrogens with one attached hydrogen (secondary N) is 1. The zero-order valence-electron chi connectivity index (χ0n) is 13.5. The molecular weight excluding hydrogens is 292 g/mol. The molecule has 0 aliphatic heterocycles. The SMILES string of the molecule is CN(C)c1c(C(CN)NC(=O)OC(C)(C)C)ccc(F)c1F. The summed E-state index contributed by atoms with van der Waals surface area (Å²) in [6.07, 6.45) is -0.669. The molecule has 0 bridgehead atoms. The van der Waals surface area contributed by atoms with Crippen LogP contribution in [0.25, 0.3) is 0 Å². The Kier molecular flexibility index (Phi) is 5.71. The fourth-order valence-electron chi connectivity index (χ4n) is 2.00. The summed E-state index contributed by atoms with van der Waals surface area (Å²) in [6, 6.07) is 1.72. The quantitative estimate of drug-likeness (QED) is 0.896. The molecule has 0 saturated carbocycles. The lowest BCUT2D eigenvalue weighted by atomic mass is 10.0. The smallest absolute Gasteiger partial charge is 0.408 e. The third-order valence-electron chi connectivity index (χ3n) is 2.85. The van der Waals surface area contributed by atoms with E-state index in [1.165, 1.54) is 11.0 Å². The second-order valence-electron chi connectivity index (χ2n) is 6.13. The highest BCUT2D eigenvalue weighted by molar-refractivity contribution is 5.69. The van der Waals surface area contributed by atoms with Gasteiger partial charge in [-0.1, -0.05) is 6.07 Å². The van der Waals surface area contributed by atoms with E-state index in [1.807, 2.05) is 0 Å². The summed E-state index contributed by atoms with van der Waals surface area (Å²) in [6.45, 7) is 5.21. The molecule has 0 fully saturated rings. The number of amides is 1. The normalized spacial score (nSPS) is 12.7. The van der Waals surface area contributed by atoms with E-state index >= 15 is 0 Å². The van der Waals surface area contributed by atoms with Gasteiger partial charge in [0.25, 0.3) is 0 Å². The molecule has 22 heavy (non-hydrogen) atoms. The van der Waals surface area contributed by atoms with Gasteiger partial charge in [0.2, 0.25) is 0 Å². The summed E-state index contributed by atoms with van der Waals surface area (Å²) in [5, 5.41) is 2.58. The van der Waals surface area contributed by atoms with Crippen molar-refractivity contribution in [3.63, 3.8) is 0 Å². The number of nitrogens with two attached hydrogens (primary N) is 1. The second-order valence-corrected chi connectivity index (χ2v) is 6.13. The molecule has 0 aromatic heterocycles. The summed E-state index contributed by atoms with van der Waals surface area (Å²) in [7, 11) is 3.17. The number of carbonyl (C=O) groups excluding carboxylic acids is 1. The molecule has 0 heterocycles. The highest BCUT2D eigenvalue weighted by Gasteiger charge is 2.24. The van der Waals surface area contributed by atoms with Gasteiger partial charge in [0.05, 0.1) is 11.7 Å². The summed E-state index contributed by atoms with van der Waals surface area (Å²) >= 11 is 0. The van der Waals surface area contributed by atoms with Crippen molar-refractivity contribution >= 4 is 11.8 Å². The molecule has 0 saturated heterocycles. The number of hydrogen-bond acceptors (Lipinski definition) is 4. The Morgan fingerprint density at radius 1 is 1.36 bits per heavy atom. The van der Waals surface area contributed by atoms with Gasteiger partial charge >= 0.3 is 6.09 Å². The van der Waals surface area contributed by atoms with Crippen LogP contribution >= 0.6 is 0 Å². The lowest BCUT2D eigenvalue weighted by Gasteiger charge is -2.26. The van der Waals surface area contributed by atoms with Gasteiger partial charge in [0, 0.05) is 26.2 Å². The van der Waals surface area contributed by atoms with Crippen molar-refractivity contribution in [1.82, 2.24) is 5.32 Å². The molecule has 0 spiro atoms. The first-order valence-electron chi connectivity index (χ1n) is 6.91. The van der Waals surface area contributed by atoms with Crippen molar-refractivity contribution < 1.29 is 18.3 Å². The summed E-state index contributed by atoms with van der Waals surface area (Å²) < 4.78 is 32.6. The highest BCUT2D eigenvalue weighted by Crippen LogP contribution is 2.29. The highest BCUT2D eigenvalue weighted by atomic mass is 19.2. The van der Waals surface area contributed by atoms with Crippen LogP contribution in [0.15, 0.2) is 12.1 Å². The van der Waals surface area contributed by atoms with Crippen LogP contribution in [-0.4, -0.2) is 32.3 Å². The zero-order chi connectivity index (χ0) is 17.1. The third-order valence-corrected chi connectivity index (χ3v) is 2.85. The number of rotatable bonds is 4. The van der Waals surface area contributed by atoms with E-state index < -0.39 is 29.4 Å². The zero-order valence-corrected chi connectivity index (χ0v) is 13.5. The standard InChI is InChI=1S/C15H23F2N3O2/c1-15(2,3)22-14(21)19-11(8-18)9-6-7-10(16)12(17)13(9)20(4)5/h6-7,11H,8,18H2,1-5H3,(H,19,21). The molecule has 3 N–H and O–H groups in total. The molecule has 1 unspecified atom stereocenters. The Hall–Kier alpha value is -1.89. The molecule has 5 nitrogen and oxygen atoms in total. The molecule has 0 radical (unpaired) electrons. The van der Waals surface area contributed by atoms with Gasteiger partial charge in [-0.3, -0.25) is 0 Å². The van der Waals surface area contributed by atoms with Crippen molar-refractivity contribution in [3.8, 4) is 0 Å². The van der Waals surface area contributed by atoms with Gasteiger partial charge in [-0.2, -0.15) is 0 Å². The Morgan fingerprint density at radius 3 is 2.41 bits per heavy atom. The van der Waals surface area contributed by atoms with E-state index in [4.69, 9.17) is 10.5 Å². The Morgan fingerprint density at radius 2 is 1.95 bits per heavy atom. The van der Waals surface area contributed by atoms with Crippen LogP contribution in [0, 0.1) is 11.6 Å². The van der Waals surface area contributed by atoms with Crippen LogP contribution in [0.4, 0.5) is 19.3 Å². The van der Waals surface area contributed by atoms with E-state index in [0.717, 1.165) is 6.07 Å². The van der Waals surface area contributed by atoms with Crippen LogP contribution in [0.5, 0.6) is 0 Å². The summed E-state index contributed by atoms with van der Waals surface area (Å²) in [5.41, 5.74) is 5.44. The van der Waals surface area contributed by atoms with E-state index in [-0.39, 0.29) is 12.2 Å². The lowest BCUT2D eigenvalue weighted by molar-refractivity contribution is 0.0505. The van der Waals surface area contributed by atoms with Crippen molar-refractivity contribution in [2.45, 2.75) is 32.4 Å². The molecule has 0 aliphatic rings. The first-order valence-corrected chi connectivity index (χ1v) is 6.91. The minimum absolute atomic E-state index is 0.0190. The van der Waals surface area contributed by atoms with Gasteiger partial charge in [0.1, 0.15) is 5.60 Å². The largest absolute Gasteiger partial charge is 0.444 e. The van der Waals surface area contributed by atoms with Crippen LogP contribution in [0.3, 0.4) is 0 Å². The van der Waals surface area contributed by atoms with Gasteiger partial charge in [-0.25, -0.2) is 13.6 Å².